The van der Waals surface area contributed by atoms with Crippen LogP contribution in [0.1, 0.15) is 17.3 Å². The second-order valence-electron chi connectivity index (χ2n) is 4.60. The van der Waals surface area contributed by atoms with E-state index in [-0.39, 0.29) is 0 Å². The first-order chi connectivity index (χ1) is 8.81. The Labute approximate surface area is 110 Å². The van der Waals surface area contributed by atoms with Gasteiger partial charge >= 0.3 is 0 Å². The molecule has 1 aliphatic heterocycles. The van der Waals surface area contributed by atoms with Gasteiger partial charge in [-0.2, -0.15) is 4.98 Å². The molecule has 0 aliphatic carbocycles. The summed E-state index contributed by atoms with van der Waals surface area (Å²) in [5.41, 5.74) is 1.02. The van der Waals surface area contributed by atoms with Crippen molar-refractivity contribution in [1.29, 1.82) is 0 Å². The van der Waals surface area contributed by atoms with E-state index in [0.29, 0.717) is 18.2 Å². The van der Waals surface area contributed by atoms with Gasteiger partial charge in [0.15, 0.2) is 5.82 Å². The van der Waals surface area contributed by atoms with Gasteiger partial charge in [0.05, 0.1) is 0 Å². The van der Waals surface area contributed by atoms with E-state index in [0.717, 1.165) is 36.0 Å². The highest BCUT2D eigenvalue weighted by atomic mass is 35.5. The summed E-state index contributed by atoms with van der Waals surface area (Å²) < 4.78 is 5.25. The topological polar surface area (TPSA) is 51.0 Å². The van der Waals surface area contributed by atoms with Crippen molar-refractivity contribution in [2.75, 3.05) is 13.1 Å². The molecule has 1 aromatic carbocycles. The third kappa shape index (κ3) is 2.54. The van der Waals surface area contributed by atoms with Crippen LogP contribution in [0.2, 0.25) is 5.02 Å². The van der Waals surface area contributed by atoms with Crippen molar-refractivity contribution < 1.29 is 4.52 Å². The molecule has 0 bridgehead atoms. The van der Waals surface area contributed by atoms with Gasteiger partial charge in [0.1, 0.15) is 0 Å². The molecule has 2 aromatic rings. The fraction of sp³-hybridized carbons (Fsp3) is 0.385. The maximum absolute atomic E-state index is 6.10. The summed E-state index contributed by atoms with van der Waals surface area (Å²) in [4.78, 5) is 4.40. The minimum atomic E-state index is 0.617. The van der Waals surface area contributed by atoms with Crippen molar-refractivity contribution >= 4 is 11.6 Å². The fourth-order valence-electron chi connectivity index (χ4n) is 2.00. The summed E-state index contributed by atoms with van der Waals surface area (Å²) >= 11 is 6.10. The lowest BCUT2D eigenvalue weighted by Gasteiger charge is -2.25. The zero-order valence-corrected chi connectivity index (χ0v) is 10.7. The standard InChI is InChI=1S/C13H14ClN3O/c14-11-4-2-1-3-10(11)6-12-16-13(18-17-12)5-9-7-15-8-9/h1-4,9,15H,5-8H2. The van der Waals surface area contributed by atoms with Crippen molar-refractivity contribution in [2.45, 2.75) is 12.8 Å². The van der Waals surface area contributed by atoms with Gasteiger partial charge in [0, 0.05) is 17.9 Å². The number of hydrogen-bond acceptors (Lipinski definition) is 4. The molecule has 0 amide bonds. The molecule has 0 saturated carbocycles. The van der Waals surface area contributed by atoms with E-state index in [1.807, 2.05) is 24.3 Å². The van der Waals surface area contributed by atoms with Gasteiger partial charge in [-0.3, -0.25) is 0 Å². The SMILES string of the molecule is Clc1ccccc1Cc1noc(CC2CNC2)n1. The molecular weight excluding hydrogens is 250 g/mol. The van der Waals surface area contributed by atoms with Gasteiger partial charge in [-0.25, -0.2) is 0 Å². The number of halogens is 1. The zero-order chi connectivity index (χ0) is 12.4. The predicted molar refractivity (Wildman–Crippen MR) is 68.6 cm³/mol. The largest absolute Gasteiger partial charge is 0.339 e. The lowest BCUT2D eigenvalue weighted by Crippen LogP contribution is -2.43. The van der Waals surface area contributed by atoms with E-state index in [4.69, 9.17) is 16.1 Å². The number of benzene rings is 1. The maximum Gasteiger partial charge on any atom is 0.227 e. The maximum atomic E-state index is 6.10. The first-order valence-corrected chi connectivity index (χ1v) is 6.44. The Morgan fingerprint density at radius 2 is 2.17 bits per heavy atom. The van der Waals surface area contributed by atoms with Crippen molar-refractivity contribution in [3.63, 3.8) is 0 Å². The molecule has 18 heavy (non-hydrogen) atoms. The summed E-state index contributed by atoms with van der Waals surface area (Å²) in [5, 5.41) is 7.97. The van der Waals surface area contributed by atoms with E-state index in [1.165, 1.54) is 0 Å². The minimum absolute atomic E-state index is 0.617. The molecule has 1 N–H and O–H groups in total. The summed E-state index contributed by atoms with van der Waals surface area (Å²) in [6.45, 7) is 2.09. The third-order valence-electron chi connectivity index (χ3n) is 3.15. The fourth-order valence-corrected chi connectivity index (χ4v) is 2.20. The normalized spacial score (nSPS) is 15.6. The van der Waals surface area contributed by atoms with Crippen molar-refractivity contribution in [1.82, 2.24) is 15.5 Å². The van der Waals surface area contributed by atoms with E-state index in [2.05, 4.69) is 15.5 Å². The van der Waals surface area contributed by atoms with Crippen LogP contribution in [0.3, 0.4) is 0 Å². The van der Waals surface area contributed by atoms with E-state index >= 15 is 0 Å². The van der Waals surface area contributed by atoms with Crippen LogP contribution in [0, 0.1) is 5.92 Å². The predicted octanol–water partition coefficient (Wildman–Crippen LogP) is 2.08. The number of rotatable bonds is 4. The summed E-state index contributed by atoms with van der Waals surface area (Å²) in [5.74, 6) is 2.06. The number of nitrogens with one attached hydrogen (secondary N) is 1. The second-order valence-corrected chi connectivity index (χ2v) is 5.01. The highest BCUT2D eigenvalue weighted by molar-refractivity contribution is 6.31. The number of hydrogen-bond donors (Lipinski definition) is 1. The summed E-state index contributed by atoms with van der Waals surface area (Å²) in [6.07, 6.45) is 1.48. The van der Waals surface area contributed by atoms with Crippen LogP contribution in [0.4, 0.5) is 0 Å². The van der Waals surface area contributed by atoms with E-state index < -0.39 is 0 Å². The van der Waals surface area contributed by atoms with Crippen molar-refractivity contribution in [3.8, 4) is 0 Å². The van der Waals surface area contributed by atoms with Gasteiger partial charge in [-0.1, -0.05) is 35.0 Å². The highest BCUT2D eigenvalue weighted by Crippen LogP contribution is 2.18. The highest BCUT2D eigenvalue weighted by Gasteiger charge is 2.20. The van der Waals surface area contributed by atoms with Crippen molar-refractivity contribution in [3.05, 3.63) is 46.6 Å². The quantitative estimate of drug-likeness (QED) is 0.918. The van der Waals surface area contributed by atoms with Gasteiger partial charge in [-0.15, -0.1) is 0 Å². The summed E-state index contributed by atoms with van der Waals surface area (Å²) in [6, 6.07) is 7.73. The summed E-state index contributed by atoms with van der Waals surface area (Å²) in [7, 11) is 0. The number of nitrogens with zero attached hydrogens (tertiary/aromatic N) is 2. The van der Waals surface area contributed by atoms with E-state index in [9.17, 15) is 0 Å². The molecule has 2 heterocycles. The Balaban J connectivity index is 1.67. The Hall–Kier alpha value is -1.39. The molecule has 3 rings (SSSR count). The van der Waals surface area contributed by atoms with Crippen LogP contribution in [0.15, 0.2) is 28.8 Å². The molecule has 5 heteroatoms. The van der Waals surface area contributed by atoms with Crippen LogP contribution in [-0.4, -0.2) is 23.2 Å². The van der Waals surface area contributed by atoms with Crippen LogP contribution in [0.25, 0.3) is 0 Å². The molecule has 1 fully saturated rings. The lowest BCUT2D eigenvalue weighted by molar-refractivity contribution is 0.295. The smallest absolute Gasteiger partial charge is 0.227 e. The van der Waals surface area contributed by atoms with Crippen LogP contribution >= 0.6 is 11.6 Å². The average molecular weight is 264 g/mol. The molecular formula is C13H14ClN3O. The molecule has 1 aromatic heterocycles. The lowest BCUT2D eigenvalue weighted by atomic mass is 10.00. The minimum Gasteiger partial charge on any atom is -0.339 e. The Kier molecular flexibility index (Phi) is 3.30. The Morgan fingerprint density at radius 3 is 2.89 bits per heavy atom. The Bertz CT molecular complexity index is 537. The van der Waals surface area contributed by atoms with Gasteiger partial charge in [-0.05, 0) is 30.6 Å². The molecule has 0 spiro atoms. The average Bonchev–Trinajstić information content (AvgIpc) is 2.75. The molecule has 1 saturated heterocycles. The first kappa shape index (κ1) is 11.7. The molecule has 1 aliphatic rings. The van der Waals surface area contributed by atoms with Crippen LogP contribution in [-0.2, 0) is 12.8 Å². The molecule has 94 valence electrons. The monoisotopic (exact) mass is 263 g/mol. The van der Waals surface area contributed by atoms with Crippen molar-refractivity contribution in [2.24, 2.45) is 5.92 Å². The zero-order valence-electron chi connectivity index (χ0n) is 9.90. The molecule has 0 radical (unpaired) electrons. The van der Waals surface area contributed by atoms with Gasteiger partial charge in [0.2, 0.25) is 5.89 Å². The van der Waals surface area contributed by atoms with Gasteiger partial charge < -0.3 is 9.84 Å². The molecule has 0 unspecified atom stereocenters. The Morgan fingerprint density at radius 1 is 1.33 bits per heavy atom. The number of aromatic nitrogens is 2. The second kappa shape index (κ2) is 5.08. The van der Waals surface area contributed by atoms with Gasteiger partial charge in [0.25, 0.3) is 0 Å². The van der Waals surface area contributed by atoms with Crippen LogP contribution < -0.4 is 5.32 Å². The molecule has 0 atom stereocenters. The van der Waals surface area contributed by atoms with E-state index in [1.54, 1.807) is 0 Å². The first-order valence-electron chi connectivity index (χ1n) is 6.07. The molecule has 4 nitrogen and oxygen atoms in total. The third-order valence-corrected chi connectivity index (χ3v) is 3.51. The van der Waals surface area contributed by atoms with Crippen LogP contribution in [0.5, 0.6) is 0 Å².